The summed E-state index contributed by atoms with van der Waals surface area (Å²) in [5, 5.41) is 11.6. The summed E-state index contributed by atoms with van der Waals surface area (Å²) in [7, 11) is 0. The highest BCUT2D eigenvalue weighted by Gasteiger charge is 2.07. The van der Waals surface area contributed by atoms with Crippen LogP contribution in [-0.2, 0) is 11.2 Å². The number of hydrogen-bond donors (Lipinski definition) is 2. The van der Waals surface area contributed by atoms with E-state index in [-0.39, 0.29) is 0 Å². The molecule has 0 saturated carbocycles. The highest BCUT2D eigenvalue weighted by molar-refractivity contribution is 5.72. The Kier molecular flexibility index (Phi) is 4.84. The van der Waals surface area contributed by atoms with Crippen LogP contribution in [0, 0.1) is 0 Å². The van der Waals surface area contributed by atoms with Crippen molar-refractivity contribution in [3.05, 3.63) is 35.9 Å². The number of rotatable bonds is 6. The van der Waals surface area contributed by atoms with E-state index >= 15 is 0 Å². The topological polar surface area (TPSA) is 49.3 Å². The van der Waals surface area contributed by atoms with Gasteiger partial charge in [0.2, 0.25) is 0 Å². The van der Waals surface area contributed by atoms with Crippen molar-refractivity contribution in [3.63, 3.8) is 0 Å². The molecule has 3 nitrogen and oxygen atoms in total. The smallest absolute Gasteiger partial charge is 0.320 e. The van der Waals surface area contributed by atoms with Crippen molar-refractivity contribution in [3.8, 4) is 0 Å². The van der Waals surface area contributed by atoms with Gasteiger partial charge in [0, 0.05) is 0 Å². The highest BCUT2D eigenvalue weighted by atomic mass is 16.4. The Bertz CT molecular complexity index is 298. The van der Waals surface area contributed by atoms with Crippen LogP contribution in [0.2, 0.25) is 0 Å². The van der Waals surface area contributed by atoms with Crippen molar-refractivity contribution >= 4 is 5.97 Å². The van der Waals surface area contributed by atoms with Crippen LogP contribution >= 0.6 is 0 Å². The molecule has 3 heteroatoms. The summed E-state index contributed by atoms with van der Waals surface area (Å²) < 4.78 is 0. The molecule has 0 amide bonds. The molecule has 1 aromatic carbocycles. The monoisotopic (exact) mass is 207 g/mol. The number of benzene rings is 1. The second-order valence-electron chi connectivity index (χ2n) is 3.60. The second kappa shape index (κ2) is 6.19. The summed E-state index contributed by atoms with van der Waals surface area (Å²) >= 11 is 0. The fourth-order valence-corrected chi connectivity index (χ4v) is 1.34. The SMILES string of the molecule is CC(NCCCc1ccccc1)C(=O)O. The van der Waals surface area contributed by atoms with Crippen molar-refractivity contribution < 1.29 is 9.90 Å². The van der Waals surface area contributed by atoms with Crippen LogP contribution in [-0.4, -0.2) is 23.7 Å². The van der Waals surface area contributed by atoms with Crippen molar-refractivity contribution in [2.45, 2.75) is 25.8 Å². The van der Waals surface area contributed by atoms with Gasteiger partial charge in [-0.1, -0.05) is 30.3 Å². The number of hydrogen-bond acceptors (Lipinski definition) is 2. The first-order chi connectivity index (χ1) is 7.20. The molecule has 0 aliphatic carbocycles. The number of aryl methyl sites for hydroxylation is 1. The van der Waals surface area contributed by atoms with Gasteiger partial charge in [-0.05, 0) is 31.9 Å². The maximum absolute atomic E-state index is 10.5. The highest BCUT2D eigenvalue weighted by Crippen LogP contribution is 2.01. The van der Waals surface area contributed by atoms with Gasteiger partial charge in [-0.2, -0.15) is 0 Å². The van der Waals surface area contributed by atoms with Crippen LogP contribution in [0.3, 0.4) is 0 Å². The van der Waals surface area contributed by atoms with Gasteiger partial charge in [0.25, 0.3) is 0 Å². The Morgan fingerprint density at radius 2 is 2.07 bits per heavy atom. The van der Waals surface area contributed by atoms with Crippen LogP contribution in [0.25, 0.3) is 0 Å². The van der Waals surface area contributed by atoms with Crippen LogP contribution in [0.15, 0.2) is 30.3 Å². The van der Waals surface area contributed by atoms with Crippen molar-refractivity contribution in [1.82, 2.24) is 5.32 Å². The van der Waals surface area contributed by atoms with E-state index in [1.807, 2.05) is 18.2 Å². The average molecular weight is 207 g/mol. The third kappa shape index (κ3) is 4.61. The van der Waals surface area contributed by atoms with Gasteiger partial charge in [0.1, 0.15) is 6.04 Å². The largest absolute Gasteiger partial charge is 0.480 e. The van der Waals surface area contributed by atoms with Crippen LogP contribution in [0.5, 0.6) is 0 Å². The predicted octanol–water partition coefficient (Wildman–Crippen LogP) is 1.68. The molecule has 0 bridgehead atoms. The lowest BCUT2D eigenvalue weighted by molar-refractivity contribution is -0.138. The Hall–Kier alpha value is -1.35. The zero-order chi connectivity index (χ0) is 11.1. The molecule has 1 atom stereocenters. The molecule has 0 aliphatic rings. The van der Waals surface area contributed by atoms with Crippen molar-refractivity contribution in [2.75, 3.05) is 6.54 Å². The van der Waals surface area contributed by atoms with E-state index in [9.17, 15) is 4.79 Å². The summed E-state index contributed by atoms with van der Waals surface area (Å²) in [5.74, 6) is -0.797. The van der Waals surface area contributed by atoms with E-state index in [4.69, 9.17) is 5.11 Å². The first kappa shape index (κ1) is 11.7. The van der Waals surface area contributed by atoms with Gasteiger partial charge in [-0.25, -0.2) is 0 Å². The molecule has 0 heterocycles. The van der Waals surface area contributed by atoms with E-state index in [0.29, 0.717) is 0 Å². The minimum absolute atomic E-state index is 0.458. The van der Waals surface area contributed by atoms with Crippen LogP contribution in [0.1, 0.15) is 18.9 Å². The molecule has 0 aromatic heterocycles. The van der Waals surface area contributed by atoms with E-state index < -0.39 is 12.0 Å². The standard InChI is InChI=1S/C12H17NO2/c1-10(12(14)15)13-9-5-8-11-6-3-2-4-7-11/h2-4,6-7,10,13H,5,8-9H2,1H3,(H,14,15). The lowest BCUT2D eigenvalue weighted by Gasteiger charge is -2.08. The molecule has 0 spiro atoms. The predicted molar refractivity (Wildman–Crippen MR) is 59.9 cm³/mol. The molecular weight excluding hydrogens is 190 g/mol. The summed E-state index contributed by atoms with van der Waals surface area (Å²) in [5.41, 5.74) is 1.29. The van der Waals surface area contributed by atoms with E-state index in [2.05, 4.69) is 17.4 Å². The minimum Gasteiger partial charge on any atom is -0.480 e. The van der Waals surface area contributed by atoms with Gasteiger partial charge in [-0.3, -0.25) is 4.79 Å². The first-order valence-electron chi connectivity index (χ1n) is 5.20. The third-order valence-electron chi connectivity index (χ3n) is 2.31. The van der Waals surface area contributed by atoms with Gasteiger partial charge < -0.3 is 10.4 Å². The fraction of sp³-hybridized carbons (Fsp3) is 0.417. The maximum Gasteiger partial charge on any atom is 0.320 e. The number of nitrogens with one attached hydrogen (secondary N) is 1. The molecule has 15 heavy (non-hydrogen) atoms. The van der Waals surface area contributed by atoms with Crippen LogP contribution < -0.4 is 5.32 Å². The van der Waals surface area contributed by atoms with E-state index in [1.165, 1.54) is 5.56 Å². The molecule has 1 aromatic rings. The zero-order valence-electron chi connectivity index (χ0n) is 8.94. The molecule has 0 aliphatic heterocycles. The number of carbonyl (C=O) groups is 1. The quantitative estimate of drug-likeness (QED) is 0.698. The fourth-order valence-electron chi connectivity index (χ4n) is 1.34. The Morgan fingerprint density at radius 3 is 2.67 bits per heavy atom. The summed E-state index contributed by atoms with van der Waals surface area (Å²) in [6.45, 7) is 2.40. The molecule has 0 fully saturated rings. The van der Waals surface area contributed by atoms with Gasteiger partial charge in [0.15, 0.2) is 0 Å². The normalized spacial score (nSPS) is 12.3. The van der Waals surface area contributed by atoms with Crippen molar-refractivity contribution in [1.29, 1.82) is 0 Å². The third-order valence-corrected chi connectivity index (χ3v) is 2.31. The molecule has 1 unspecified atom stereocenters. The summed E-state index contributed by atoms with van der Waals surface area (Å²) in [4.78, 5) is 10.5. The molecule has 82 valence electrons. The first-order valence-corrected chi connectivity index (χ1v) is 5.20. The molecule has 1 rings (SSSR count). The number of aliphatic carboxylic acids is 1. The van der Waals surface area contributed by atoms with E-state index in [1.54, 1.807) is 6.92 Å². The minimum atomic E-state index is -0.797. The average Bonchev–Trinajstić information content (AvgIpc) is 2.25. The molecule has 2 N–H and O–H groups in total. The Balaban J connectivity index is 2.15. The summed E-state index contributed by atoms with van der Waals surface area (Å²) in [6, 6.07) is 9.74. The van der Waals surface area contributed by atoms with E-state index in [0.717, 1.165) is 19.4 Å². The Morgan fingerprint density at radius 1 is 1.40 bits per heavy atom. The lowest BCUT2D eigenvalue weighted by atomic mass is 10.1. The second-order valence-corrected chi connectivity index (χ2v) is 3.60. The Labute approximate surface area is 90.1 Å². The van der Waals surface area contributed by atoms with Gasteiger partial charge in [0.05, 0.1) is 0 Å². The summed E-state index contributed by atoms with van der Waals surface area (Å²) in [6.07, 6.45) is 1.95. The number of carboxylic acids is 1. The van der Waals surface area contributed by atoms with Gasteiger partial charge in [-0.15, -0.1) is 0 Å². The molecular formula is C12H17NO2. The van der Waals surface area contributed by atoms with Crippen molar-refractivity contribution in [2.24, 2.45) is 0 Å². The maximum atomic E-state index is 10.5. The zero-order valence-corrected chi connectivity index (χ0v) is 8.94. The molecule has 0 radical (unpaired) electrons. The lowest BCUT2D eigenvalue weighted by Crippen LogP contribution is -2.34. The number of carboxylic acid groups (broad SMARTS) is 1. The van der Waals surface area contributed by atoms with Gasteiger partial charge >= 0.3 is 5.97 Å². The molecule has 0 saturated heterocycles. The van der Waals surface area contributed by atoms with Crippen LogP contribution in [0.4, 0.5) is 0 Å².